The monoisotopic (exact) mass is 180 g/mol. The molecule has 0 aromatic rings. The summed E-state index contributed by atoms with van der Waals surface area (Å²) in [5.74, 6) is 5.25. The molecule has 1 fully saturated rings. The smallest absolute Gasteiger partial charge is 0.296 e. The van der Waals surface area contributed by atoms with Crippen molar-refractivity contribution in [2.24, 2.45) is 11.7 Å². The van der Waals surface area contributed by atoms with E-state index in [0.717, 1.165) is 0 Å². The molecule has 0 aliphatic carbocycles. The fourth-order valence-electron chi connectivity index (χ4n) is 0.751. The van der Waals surface area contributed by atoms with Crippen LogP contribution in [0.15, 0.2) is 12.3 Å². The van der Waals surface area contributed by atoms with Gasteiger partial charge >= 0.3 is 0 Å². The first-order valence-corrected chi connectivity index (χ1v) is 4.07. The zero-order chi connectivity index (χ0) is 9.52. The number of hydrogen-bond acceptors (Lipinski definition) is 3. The van der Waals surface area contributed by atoms with Crippen molar-refractivity contribution in [3.63, 3.8) is 0 Å². The van der Waals surface area contributed by atoms with E-state index in [-0.39, 0.29) is 11.8 Å². The third-order valence-corrected chi connectivity index (χ3v) is 1.54. The quantitative estimate of drug-likeness (QED) is 0.548. The van der Waals surface area contributed by atoms with Crippen LogP contribution in [-0.2, 0) is 9.53 Å². The van der Waals surface area contributed by atoms with Crippen LogP contribution in [-0.4, -0.2) is 25.7 Å². The Morgan fingerprint density at radius 1 is 1.69 bits per heavy atom. The Bertz CT molecular complexity index is 259. The number of hydrogen-bond donors (Lipinski definition) is 2. The molecule has 0 spiro atoms. The molecule has 13 heavy (non-hydrogen) atoms. The van der Waals surface area contributed by atoms with Gasteiger partial charge in [-0.25, -0.2) is 0 Å². The molecule has 0 saturated carbocycles. The lowest BCUT2D eigenvalue weighted by atomic mass is 10.1. The molecule has 4 nitrogen and oxygen atoms in total. The van der Waals surface area contributed by atoms with Gasteiger partial charge in [0.1, 0.15) is 0 Å². The number of rotatable bonds is 2. The van der Waals surface area contributed by atoms with E-state index in [4.69, 9.17) is 10.5 Å². The van der Waals surface area contributed by atoms with E-state index in [1.807, 2.05) is 0 Å². The molecule has 3 N–H and O–H groups in total. The second kappa shape index (κ2) is 5.22. The summed E-state index contributed by atoms with van der Waals surface area (Å²) in [4.78, 5) is 11.0. The average Bonchev–Trinajstić information content (AvgIpc) is 2.02. The first-order valence-electron chi connectivity index (χ1n) is 4.07. The minimum atomic E-state index is -0.273. The lowest BCUT2D eigenvalue weighted by Crippen LogP contribution is -2.27. The van der Waals surface area contributed by atoms with Gasteiger partial charge in [-0.3, -0.25) is 4.79 Å². The van der Waals surface area contributed by atoms with Crippen LogP contribution in [0.1, 0.15) is 0 Å². The zero-order valence-corrected chi connectivity index (χ0v) is 7.25. The van der Waals surface area contributed by atoms with Crippen molar-refractivity contribution in [3.8, 4) is 11.8 Å². The van der Waals surface area contributed by atoms with Crippen LogP contribution in [0.3, 0.4) is 0 Å². The molecule has 1 amide bonds. The van der Waals surface area contributed by atoms with Crippen LogP contribution in [0.5, 0.6) is 0 Å². The predicted octanol–water partition coefficient (Wildman–Crippen LogP) is -0.775. The second-order valence-corrected chi connectivity index (χ2v) is 2.64. The molecular weight excluding hydrogens is 168 g/mol. The largest absolute Gasteiger partial charge is 0.405 e. The van der Waals surface area contributed by atoms with E-state index in [0.29, 0.717) is 19.8 Å². The SMILES string of the molecule is N/C=C/CNC(=O)C#CC1COC1. The highest BCUT2D eigenvalue weighted by molar-refractivity contribution is 5.93. The van der Waals surface area contributed by atoms with Crippen molar-refractivity contribution >= 4 is 5.91 Å². The van der Waals surface area contributed by atoms with Crippen LogP contribution in [0.4, 0.5) is 0 Å². The third-order valence-electron chi connectivity index (χ3n) is 1.54. The van der Waals surface area contributed by atoms with Gasteiger partial charge < -0.3 is 15.8 Å². The van der Waals surface area contributed by atoms with E-state index in [1.165, 1.54) is 6.20 Å². The number of nitrogens with one attached hydrogen (secondary N) is 1. The lowest BCUT2D eigenvalue weighted by Gasteiger charge is -2.19. The highest BCUT2D eigenvalue weighted by Gasteiger charge is 2.14. The third kappa shape index (κ3) is 3.63. The van der Waals surface area contributed by atoms with Crippen molar-refractivity contribution in [2.45, 2.75) is 0 Å². The fraction of sp³-hybridized carbons (Fsp3) is 0.444. The minimum Gasteiger partial charge on any atom is -0.405 e. The summed E-state index contributed by atoms with van der Waals surface area (Å²) in [6.45, 7) is 1.71. The summed E-state index contributed by atoms with van der Waals surface area (Å²) in [5, 5.41) is 2.57. The van der Waals surface area contributed by atoms with Crippen molar-refractivity contribution in [2.75, 3.05) is 19.8 Å². The average molecular weight is 180 g/mol. The zero-order valence-electron chi connectivity index (χ0n) is 7.25. The van der Waals surface area contributed by atoms with Crippen molar-refractivity contribution in [3.05, 3.63) is 12.3 Å². The first-order chi connectivity index (χ1) is 6.33. The van der Waals surface area contributed by atoms with Crippen LogP contribution in [0.2, 0.25) is 0 Å². The highest BCUT2D eigenvalue weighted by atomic mass is 16.5. The van der Waals surface area contributed by atoms with Crippen LogP contribution >= 0.6 is 0 Å². The number of ether oxygens (including phenoxy) is 1. The molecule has 1 heterocycles. The molecule has 0 radical (unpaired) electrons. The van der Waals surface area contributed by atoms with Gasteiger partial charge in [-0.05, 0) is 18.2 Å². The van der Waals surface area contributed by atoms with Gasteiger partial charge in [0.25, 0.3) is 5.91 Å². The highest BCUT2D eigenvalue weighted by Crippen LogP contribution is 2.06. The van der Waals surface area contributed by atoms with Gasteiger partial charge in [-0.1, -0.05) is 5.92 Å². The Labute approximate surface area is 77.1 Å². The Kier molecular flexibility index (Phi) is 3.86. The van der Waals surface area contributed by atoms with E-state index in [9.17, 15) is 4.79 Å². The standard InChI is InChI=1S/C9H12N2O2/c10-4-1-5-11-9(12)3-2-8-6-13-7-8/h1,4,8H,5-7,10H2,(H,11,12)/b4-1+. The second-order valence-electron chi connectivity index (χ2n) is 2.64. The Hall–Kier alpha value is -1.47. The molecule has 70 valence electrons. The van der Waals surface area contributed by atoms with Crippen LogP contribution in [0.25, 0.3) is 0 Å². The van der Waals surface area contributed by atoms with Crippen molar-refractivity contribution in [1.82, 2.24) is 5.32 Å². The van der Waals surface area contributed by atoms with Gasteiger partial charge in [0.15, 0.2) is 0 Å². The maximum atomic E-state index is 11.0. The molecule has 1 aliphatic heterocycles. The molecule has 4 heteroatoms. The molecule has 0 unspecified atom stereocenters. The molecule has 1 rings (SSSR count). The number of nitrogens with two attached hydrogens (primary N) is 1. The summed E-state index contributed by atoms with van der Waals surface area (Å²) in [6.07, 6.45) is 3.03. The summed E-state index contributed by atoms with van der Waals surface area (Å²) in [7, 11) is 0. The van der Waals surface area contributed by atoms with Gasteiger partial charge in [-0.15, -0.1) is 0 Å². The summed E-state index contributed by atoms with van der Waals surface area (Å²) in [5.41, 5.74) is 5.08. The van der Waals surface area contributed by atoms with Crippen LogP contribution < -0.4 is 11.1 Å². The van der Waals surface area contributed by atoms with Crippen molar-refractivity contribution in [1.29, 1.82) is 0 Å². The van der Waals surface area contributed by atoms with Gasteiger partial charge in [0.05, 0.1) is 19.1 Å². The molecule has 1 saturated heterocycles. The molecule has 0 aromatic carbocycles. The molecule has 1 aliphatic rings. The molecule has 0 bridgehead atoms. The van der Waals surface area contributed by atoms with Gasteiger partial charge in [0, 0.05) is 6.54 Å². The molecular formula is C9H12N2O2. The Morgan fingerprint density at radius 2 is 2.46 bits per heavy atom. The van der Waals surface area contributed by atoms with Gasteiger partial charge in [-0.2, -0.15) is 0 Å². The number of carbonyl (C=O) groups is 1. The van der Waals surface area contributed by atoms with Crippen LogP contribution in [0, 0.1) is 17.8 Å². The Balaban J connectivity index is 2.18. The number of carbonyl (C=O) groups excluding carboxylic acids is 1. The van der Waals surface area contributed by atoms with E-state index >= 15 is 0 Å². The minimum absolute atomic E-state index is 0.232. The maximum Gasteiger partial charge on any atom is 0.296 e. The predicted molar refractivity (Wildman–Crippen MR) is 48.4 cm³/mol. The van der Waals surface area contributed by atoms with Crippen molar-refractivity contribution < 1.29 is 9.53 Å². The van der Waals surface area contributed by atoms with Gasteiger partial charge in [0.2, 0.25) is 0 Å². The maximum absolute atomic E-state index is 11.0. The summed E-state index contributed by atoms with van der Waals surface area (Å²) < 4.78 is 4.90. The topological polar surface area (TPSA) is 64.3 Å². The summed E-state index contributed by atoms with van der Waals surface area (Å²) >= 11 is 0. The Morgan fingerprint density at radius 3 is 3.00 bits per heavy atom. The number of amides is 1. The lowest BCUT2D eigenvalue weighted by molar-refractivity contribution is -0.115. The normalized spacial score (nSPS) is 16.0. The van der Waals surface area contributed by atoms with E-state index in [2.05, 4.69) is 17.2 Å². The first kappa shape index (κ1) is 9.62. The van der Waals surface area contributed by atoms with E-state index in [1.54, 1.807) is 6.08 Å². The molecule has 0 aromatic heterocycles. The molecule has 0 atom stereocenters. The van der Waals surface area contributed by atoms with E-state index < -0.39 is 0 Å². The fourth-order valence-corrected chi connectivity index (χ4v) is 0.751. The summed E-state index contributed by atoms with van der Waals surface area (Å²) in [6, 6.07) is 0.